The molecule has 0 unspecified atom stereocenters. The van der Waals surface area contributed by atoms with Gasteiger partial charge in [0.2, 0.25) is 5.75 Å². The molecule has 0 spiro atoms. The van der Waals surface area contributed by atoms with Gasteiger partial charge >= 0.3 is 5.97 Å². The summed E-state index contributed by atoms with van der Waals surface area (Å²) in [5, 5.41) is 13.0. The van der Waals surface area contributed by atoms with Gasteiger partial charge < -0.3 is 19.7 Å². The topological polar surface area (TPSA) is 76.0 Å². The molecule has 5 heteroatoms. The summed E-state index contributed by atoms with van der Waals surface area (Å²) in [6.45, 7) is 0. The molecule has 0 saturated carbocycles. The molecular weight excluding hydrogens is 212 g/mol. The highest BCUT2D eigenvalue weighted by Gasteiger charge is 2.09. The molecule has 16 heavy (non-hydrogen) atoms. The number of hydrogen-bond donors (Lipinski definition) is 2. The number of methoxy groups -OCH3 is 2. The smallest absolute Gasteiger partial charge is 0.328 e. The number of carbonyl (C=O) groups is 1. The second kappa shape index (κ2) is 5.06. The van der Waals surface area contributed by atoms with Gasteiger partial charge in [-0.15, -0.1) is 0 Å². The van der Waals surface area contributed by atoms with E-state index in [1.807, 2.05) is 0 Å². The first-order valence-electron chi connectivity index (χ1n) is 7.39. The lowest BCUT2D eigenvalue weighted by Crippen LogP contribution is -1.91. The lowest BCUT2D eigenvalue weighted by molar-refractivity contribution is -0.131. The van der Waals surface area contributed by atoms with Crippen LogP contribution in [0, 0.1) is 0 Å². The van der Waals surface area contributed by atoms with Gasteiger partial charge in [-0.1, -0.05) is 0 Å². The highest BCUT2D eigenvalue weighted by atomic mass is 16.5. The van der Waals surface area contributed by atoms with Crippen LogP contribution in [0.3, 0.4) is 0 Å². The van der Waals surface area contributed by atoms with E-state index in [9.17, 15) is 4.79 Å². The minimum Gasteiger partial charge on any atom is -0.502 e. The average molecular weight is 231 g/mol. The van der Waals surface area contributed by atoms with Gasteiger partial charge in [-0.3, -0.25) is 0 Å². The predicted octanol–water partition coefficient (Wildman–Crippen LogP) is 1.51. The Kier molecular flexibility index (Phi) is 1.66. The fourth-order valence-electron chi connectivity index (χ4n) is 0.935. The molecule has 2 N–H and O–H groups in total. The number of hydrogen-bond acceptors (Lipinski definition) is 4. The zero-order valence-electron chi connectivity index (χ0n) is 15.2. The van der Waals surface area contributed by atoms with Crippen LogP contribution in [0.5, 0.6) is 17.2 Å². The zero-order chi connectivity index (χ0) is 17.9. The van der Waals surface area contributed by atoms with Crippen molar-refractivity contribution in [2.45, 2.75) is 0 Å². The fraction of sp³-hybridized carbons (Fsp3) is 0.182. The molecule has 86 valence electrons. The van der Waals surface area contributed by atoms with E-state index in [1.54, 1.807) is 0 Å². The fourth-order valence-corrected chi connectivity index (χ4v) is 0.935. The van der Waals surface area contributed by atoms with Crippen LogP contribution in [0.25, 0.3) is 6.05 Å². The lowest BCUT2D eigenvalue weighted by Gasteiger charge is -2.09. The SMILES string of the molecule is [2H]Oc1c(OC)cc(C([2H])=C([2H])C(=O)O)c([2H])c1OC([2H])([2H])[2H]. The van der Waals surface area contributed by atoms with Crippen LogP contribution in [0.4, 0.5) is 0 Å². The first-order chi connectivity index (χ1) is 10.5. The van der Waals surface area contributed by atoms with Crippen LogP contribution in [0.1, 0.15) is 13.8 Å². The number of phenols is 1. The van der Waals surface area contributed by atoms with Gasteiger partial charge in [-0.2, -0.15) is 0 Å². The van der Waals surface area contributed by atoms with Crippen molar-refractivity contribution in [3.05, 3.63) is 23.7 Å². The van der Waals surface area contributed by atoms with Gasteiger partial charge in [-0.25, -0.2) is 4.79 Å². The second-order valence-corrected chi connectivity index (χ2v) is 2.57. The summed E-state index contributed by atoms with van der Waals surface area (Å²) in [5.74, 6) is -3.20. The molecule has 0 saturated heterocycles. The molecule has 1 rings (SSSR count). The molecule has 1 aromatic carbocycles. The van der Waals surface area contributed by atoms with Crippen molar-refractivity contribution in [1.29, 1.82) is 1.43 Å². The Bertz CT molecular complexity index is 653. The quantitative estimate of drug-likeness (QED) is 0.751. The summed E-state index contributed by atoms with van der Waals surface area (Å²) in [5.41, 5.74) is -0.422. The number of aromatic hydroxyl groups is 1. The maximum absolute atomic E-state index is 10.8. The van der Waals surface area contributed by atoms with E-state index in [0.717, 1.165) is 13.2 Å². The average Bonchev–Trinajstić information content (AvgIpc) is 2.46. The van der Waals surface area contributed by atoms with Gasteiger partial charge in [0.1, 0.15) is 0 Å². The summed E-state index contributed by atoms with van der Waals surface area (Å²) in [6, 6.07) is -1.70. The summed E-state index contributed by atoms with van der Waals surface area (Å²) in [6.07, 6.45) is 0. The minimum atomic E-state index is -2.99. The van der Waals surface area contributed by atoms with E-state index in [0.29, 0.717) is 0 Å². The highest BCUT2D eigenvalue weighted by Crippen LogP contribution is 2.37. The number of phenolic OH excluding ortho intramolecular Hbond substituents is 1. The summed E-state index contributed by atoms with van der Waals surface area (Å²) >= 11 is 0. The largest absolute Gasteiger partial charge is 0.502 e. The van der Waals surface area contributed by atoms with E-state index < -0.39 is 48.2 Å². The molecule has 0 fully saturated rings. The third kappa shape index (κ3) is 2.66. The zero-order valence-corrected chi connectivity index (χ0v) is 8.16. The van der Waals surface area contributed by atoms with Crippen LogP contribution in [0.2, 0.25) is 0 Å². The van der Waals surface area contributed by atoms with Gasteiger partial charge in [0.05, 0.1) is 22.4 Å². The molecular formula is C11H12O5. The molecule has 1 aromatic rings. The van der Waals surface area contributed by atoms with Crippen LogP contribution in [-0.4, -0.2) is 31.8 Å². The molecule has 0 amide bonds. The predicted molar refractivity (Wildman–Crippen MR) is 57.9 cm³/mol. The molecule has 5 nitrogen and oxygen atoms in total. The first kappa shape index (κ1) is 5.25. The normalized spacial score (nSPS) is 18.4. The van der Waals surface area contributed by atoms with Gasteiger partial charge in [-0.05, 0) is 23.7 Å². The third-order valence-corrected chi connectivity index (χ3v) is 1.58. The number of carboxylic acids is 1. The Morgan fingerprint density at radius 3 is 3.06 bits per heavy atom. The number of carboxylic acid groups (broad SMARTS) is 1. The van der Waals surface area contributed by atoms with Crippen molar-refractivity contribution in [3.63, 3.8) is 0 Å². The van der Waals surface area contributed by atoms with E-state index >= 15 is 0 Å². The minimum absolute atomic E-state index is 0.256. The monoisotopic (exact) mass is 231 g/mol. The van der Waals surface area contributed by atoms with Crippen molar-refractivity contribution in [3.8, 4) is 17.2 Å². The van der Waals surface area contributed by atoms with E-state index in [4.69, 9.17) is 19.5 Å². The Balaban J connectivity index is 3.72. The Hall–Kier alpha value is -2.17. The first-order valence-corrected chi connectivity index (χ1v) is 3.98. The Morgan fingerprint density at radius 1 is 1.69 bits per heavy atom. The molecule has 0 atom stereocenters. The molecule has 0 aliphatic rings. The van der Waals surface area contributed by atoms with Crippen molar-refractivity contribution in [1.82, 2.24) is 0 Å². The van der Waals surface area contributed by atoms with Crippen molar-refractivity contribution >= 4 is 12.0 Å². The van der Waals surface area contributed by atoms with Gasteiger partial charge in [0.15, 0.2) is 11.5 Å². The number of benzene rings is 1. The molecule has 0 heterocycles. The summed E-state index contributed by atoms with van der Waals surface area (Å²) < 4.78 is 60.5. The summed E-state index contributed by atoms with van der Waals surface area (Å²) in [7, 11) is -1.84. The molecule has 0 aliphatic carbocycles. The van der Waals surface area contributed by atoms with Crippen LogP contribution in [0.15, 0.2) is 18.2 Å². The highest BCUT2D eigenvalue weighted by molar-refractivity contribution is 5.85. The van der Waals surface area contributed by atoms with Gasteiger partial charge in [0, 0.05) is 6.05 Å². The Morgan fingerprint density at radius 2 is 2.50 bits per heavy atom. The summed E-state index contributed by atoms with van der Waals surface area (Å²) in [4.78, 5) is 10.8. The maximum atomic E-state index is 10.8. The molecule has 0 radical (unpaired) electrons. The van der Waals surface area contributed by atoms with Crippen LogP contribution >= 0.6 is 0 Å². The number of ether oxygens (including phenoxy) is 2. The third-order valence-electron chi connectivity index (χ3n) is 1.58. The van der Waals surface area contributed by atoms with Crippen LogP contribution in [-0.2, 0) is 4.79 Å². The molecule has 0 aromatic heterocycles. The van der Waals surface area contributed by atoms with E-state index in [-0.39, 0.29) is 5.75 Å². The molecule has 0 bridgehead atoms. The van der Waals surface area contributed by atoms with Crippen molar-refractivity contribution < 1.29 is 32.7 Å². The van der Waals surface area contributed by atoms with Crippen molar-refractivity contribution in [2.24, 2.45) is 0 Å². The lowest BCUT2D eigenvalue weighted by atomic mass is 10.1. The van der Waals surface area contributed by atoms with Crippen LogP contribution < -0.4 is 9.47 Å². The van der Waals surface area contributed by atoms with E-state index in [1.165, 1.54) is 0 Å². The van der Waals surface area contributed by atoms with Gasteiger partial charge in [0.25, 0.3) is 1.43 Å². The number of aliphatic carboxylic acids is 1. The van der Waals surface area contributed by atoms with E-state index in [2.05, 4.69) is 9.85 Å². The van der Waals surface area contributed by atoms with Crippen molar-refractivity contribution in [2.75, 3.05) is 14.1 Å². The maximum Gasteiger partial charge on any atom is 0.328 e. The Labute approximate surface area is 102 Å². The second-order valence-electron chi connectivity index (χ2n) is 2.57. The standard InChI is InChI=1S/C11H12O5/c1-15-8-5-7(3-4-10(12)13)6-9(16-2)11(8)14/h3-6,14H,1-2H3,(H,12,13)/i1D3,3D,4D,5D/hD. The number of rotatable bonds is 5. The molecule has 0 aliphatic heterocycles.